The molecule has 0 bridgehead atoms. The van der Waals surface area contributed by atoms with Crippen molar-refractivity contribution in [3.05, 3.63) is 70.1 Å². The Labute approximate surface area is 166 Å². The van der Waals surface area contributed by atoms with Gasteiger partial charge in [-0.05, 0) is 55.0 Å². The Balaban J connectivity index is 1.97. The lowest BCUT2D eigenvalue weighted by Gasteiger charge is -2.30. The predicted molar refractivity (Wildman–Crippen MR) is 107 cm³/mol. The van der Waals surface area contributed by atoms with E-state index in [0.29, 0.717) is 38.4 Å². The first-order valence-electron chi connectivity index (χ1n) is 8.07. The minimum Gasteiger partial charge on any atom is -0.495 e. The highest BCUT2D eigenvalue weighted by Crippen LogP contribution is 2.31. The zero-order chi connectivity index (χ0) is 19.6. The van der Waals surface area contributed by atoms with E-state index in [4.69, 9.17) is 28.6 Å². The van der Waals surface area contributed by atoms with E-state index < -0.39 is 6.04 Å². The SMILES string of the molecule is COc1ccc(Cl)cc1NC(=O)C1=C(C)NC(=S)N[C@@H]1c1ccc(F)cc1. The molecule has 1 amide bonds. The van der Waals surface area contributed by atoms with Crippen molar-refractivity contribution >= 4 is 40.5 Å². The van der Waals surface area contributed by atoms with Gasteiger partial charge in [0, 0.05) is 10.7 Å². The molecule has 0 radical (unpaired) electrons. The molecule has 27 heavy (non-hydrogen) atoms. The lowest BCUT2D eigenvalue weighted by Crippen LogP contribution is -2.45. The third-order valence-electron chi connectivity index (χ3n) is 4.13. The molecule has 140 valence electrons. The third-order valence-corrected chi connectivity index (χ3v) is 4.58. The number of carbonyl (C=O) groups is 1. The van der Waals surface area contributed by atoms with Gasteiger partial charge < -0.3 is 20.7 Å². The van der Waals surface area contributed by atoms with Gasteiger partial charge in [0.15, 0.2) is 5.11 Å². The summed E-state index contributed by atoms with van der Waals surface area (Å²) in [4.78, 5) is 13.0. The molecule has 0 fully saturated rings. The number of rotatable bonds is 4. The molecule has 2 aromatic carbocycles. The van der Waals surface area contributed by atoms with E-state index in [1.54, 1.807) is 37.3 Å². The highest BCUT2D eigenvalue weighted by Gasteiger charge is 2.30. The molecular weight excluding hydrogens is 389 g/mol. The number of halogens is 2. The molecule has 5 nitrogen and oxygen atoms in total. The van der Waals surface area contributed by atoms with Crippen LogP contribution in [0.25, 0.3) is 0 Å². The first kappa shape index (κ1) is 19.1. The molecule has 0 unspecified atom stereocenters. The molecule has 1 atom stereocenters. The number of carbonyl (C=O) groups excluding carboxylic acids is 1. The Morgan fingerprint density at radius 3 is 2.63 bits per heavy atom. The van der Waals surface area contributed by atoms with E-state index in [-0.39, 0.29) is 11.7 Å². The molecule has 0 aromatic heterocycles. The Kier molecular flexibility index (Phi) is 5.62. The van der Waals surface area contributed by atoms with Crippen LogP contribution in [0.4, 0.5) is 10.1 Å². The summed E-state index contributed by atoms with van der Waals surface area (Å²) in [5.74, 6) is -0.230. The number of nitrogens with one attached hydrogen (secondary N) is 3. The van der Waals surface area contributed by atoms with Crippen LogP contribution in [-0.2, 0) is 4.79 Å². The monoisotopic (exact) mass is 405 g/mol. The third kappa shape index (κ3) is 4.20. The minimum atomic E-state index is -0.524. The van der Waals surface area contributed by atoms with Crippen LogP contribution >= 0.6 is 23.8 Å². The van der Waals surface area contributed by atoms with Gasteiger partial charge in [-0.25, -0.2) is 4.39 Å². The van der Waals surface area contributed by atoms with E-state index in [9.17, 15) is 9.18 Å². The summed E-state index contributed by atoms with van der Waals surface area (Å²) < 4.78 is 18.6. The van der Waals surface area contributed by atoms with Crippen molar-refractivity contribution in [2.24, 2.45) is 0 Å². The number of hydrogen-bond acceptors (Lipinski definition) is 3. The predicted octanol–water partition coefficient (Wildman–Crippen LogP) is 3.92. The average molecular weight is 406 g/mol. The van der Waals surface area contributed by atoms with Crippen molar-refractivity contribution in [2.75, 3.05) is 12.4 Å². The van der Waals surface area contributed by atoms with Crippen molar-refractivity contribution in [1.29, 1.82) is 0 Å². The Morgan fingerprint density at radius 1 is 1.26 bits per heavy atom. The van der Waals surface area contributed by atoms with Crippen LogP contribution < -0.4 is 20.7 Å². The van der Waals surface area contributed by atoms with Gasteiger partial charge in [-0.3, -0.25) is 4.79 Å². The number of amides is 1. The number of anilines is 1. The lowest BCUT2D eigenvalue weighted by atomic mass is 9.95. The Hall–Kier alpha value is -2.64. The van der Waals surface area contributed by atoms with Gasteiger partial charge in [0.2, 0.25) is 0 Å². The molecule has 0 spiro atoms. The van der Waals surface area contributed by atoms with Gasteiger partial charge in [0.1, 0.15) is 11.6 Å². The van der Waals surface area contributed by atoms with Crippen molar-refractivity contribution in [2.45, 2.75) is 13.0 Å². The molecule has 1 heterocycles. The highest BCUT2D eigenvalue weighted by molar-refractivity contribution is 7.80. The van der Waals surface area contributed by atoms with Gasteiger partial charge >= 0.3 is 0 Å². The highest BCUT2D eigenvalue weighted by atomic mass is 35.5. The first-order valence-corrected chi connectivity index (χ1v) is 8.86. The van der Waals surface area contributed by atoms with E-state index >= 15 is 0 Å². The number of allylic oxidation sites excluding steroid dienone is 1. The first-order chi connectivity index (χ1) is 12.9. The van der Waals surface area contributed by atoms with Crippen LogP contribution in [0.1, 0.15) is 18.5 Å². The van der Waals surface area contributed by atoms with Gasteiger partial charge in [-0.2, -0.15) is 0 Å². The summed E-state index contributed by atoms with van der Waals surface area (Å²) in [6.45, 7) is 1.76. The van der Waals surface area contributed by atoms with E-state index in [1.807, 2.05) is 0 Å². The zero-order valence-electron chi connectivity index (χ0n) is 14.6. The summed E-state index contributed by atoms with van der Waals surface area (Å²) >= 11 is 11.2. The molecule has 3 N–H and O–H groups in total. The summed E-state index contributed by atoms with van der Waals surface area (Å²) in [5, 5.41) is 9.69. The number of benzene rings is 2. The van der Waals surface area contributed by atoms with E-state index in [1.165, 1.54) is 19.2 Å². The van der Waals surface area contributed by atoms with Gasteiger partial charge in [-0.1, -0.05) is 23.7 Å². The second-order valence-corrected chi connectivity index (χ2v) is 6.77. The number of hydrogen-bond donors (Lipinski definition) is 3. The minimum absolute atomic E-state index is 0.356. The Bertz CT molecular complexity index is 931. The standard InChI is InChI=1S/C19H17ClFN3O2S/c1-10-16(18(25)23-14-9-12(20)5-8-15(14)26-2)17(24-19(27)22-10)11-3-6-13(21)7-4-11/h3-9,17H,1-2H3,(H,23,25)(H2,22,24,27)/t17-/m1/s1. The maximum Gasteiger partial charge on any atom is 0.255 e. The van der Waals surface area contributed by atoms with Crippen molar-refractivity contribution in [3.8, 4) is 5.75 Å². The average Bonchev–Trinajstić information content (AvgIpc) is 2.61. The molecule has 1 aliphatic heterocycles. The summed E-state index contributed by atoms with van der Waals surface area (Å²) in [6.07, 6.45) is 0. The Morgan fingerprint density at radius 2 is 1.96 bits per heavy atom. The maximum atomic E-state index is 13.3. The smallest absolute Gasteiger partial charge is 0.255 e. The quantitative estimate of drug-likeness (QED) is 0.673. The largest absolute Gasteiger partial charge is 0.495 e. The number of thiocarbonyl (C=S) groups is 1. The van der Waals surface area contributed by atoms with Crippen LogP contribution in [0, 0.1) is 5.82 Å². The van der Waals surface area contributed by atoms with Crippen LogP contribution in [-0.4, -0.2) is 18.1 Å². The van der Waals surface area contributed by atoms with E-state index in [0.717, 1.165) is 0 Å². The zero-order valence-corrected chi connectivity index (χ0v) is 16.2. The number of methoxy groups -OCH3 is 1. The maximum absolute atomic E-state index is 13.3. The van der Waals surface area contributed by atoms with Crippen LogP contribution in [0.15, 0.2) is 53.7 Å². The van der Waals surface area contributed by atoms with Gasteiger partial charge in [0.05, 0.1) is 24.4 Å². The molecule has 2 aromatic rings. The summed E-state index contributed by atoms with van der Waals surface area (Å²) in [7, 11) is 1.51. The van der Waals surface area contributed by atoms with Crippen LogP contribution in [0.3, 0.4) is 0 Å². The van der Waals surface area contributed by atoms with Crippen molar-refractivity contribution in [1.82, 2.24) is 10.6 Å². The fourth-order valence-corrected chi connectivity index (χ4v) is 3.31. The van der Waals surface area contributed by atoms with Crippen LogP contribution in [0.5, 0.6) is 5.75 Å². The molecule has 1 aliphatic rings. The van der Waals surface area contributed by atoms with Gasteiger partial charge in [0.25, 0.3) is 5.91 Å². The van der Waals surface area contributed by atoms with Gasteiger partial charge in [-0.15, -0.1) is 0 Å². The summed E-state index contributed by atoms with van der Waals surface area (Å²) in [6, 6.07) is 10.3. The second-order valence-electron chi connectivity index (χ2n) is 5.92. The molecular formula is C19H17ClFN3O2S. The molecule has 0 saturated carbocycles. The van der Waals surface area contributed by atoms with Crippen molar-refractivity contribution < 1.29 is 13.9 Å². The summed E-state index contributed by atoms with van der Waals surface area (Å²) in [5.41, 5.74) is 2.19. The van der Waals surface area contributed by atoms with Crippen molar-refractivity contribution in [3.63, 3.8) is 0 Å². The topological polar surface area (TPSA) is 62.4 Å². The molecule has 0 aliphatic carbocycles. The normalized spacial score (nSPS) is 16.4. The number of ether oxygens (including phenoxy) is 1. The fourth-order valence-electron chi connectivity index (χ4n) is 2.87. The lowest BCUT2D eigenvalue weighted by molar-refractivity contribution is -0.113. The fraction of sp³-hybridized carbons (Fsp3) is 0.158. The molecule has 8 heteroatoms. The molecule has 3 rings (SSSR count). The molecule has 0 saturated heterocycles. The van der Waals surface area contributed by atoms with E-state index in [2.05, 4.69) is 16.0 Å². The van der Waals surface area contributed by atoms with Crippen LogP contribution in [0.2, 0.25) is 5.02 Å². The second kappa shape index (κ2) is 7.94.